The molecule has 0 bridgehead atoms. The molecule has 1 aliphatic rings. The molecule has 98 valence electrons. The number of esters is 1. The van der Waals surface area contributed by atoms with Gasteiger partial charge in [0.2, 0.25) is 0 Å². The van der Waals surface area contributed by atoms with Crippen molar-refractivity contribution in [1.29, 1.82) is 0 Å². The van der Waals surface area contributed by atoms with Crippen LogP contribution in [0.2, 0.25) is 0 Å². The Balaban J connectivity index is 2.42. The molecule has 1 aromatic carbocycles. The second-order valence-corrected chi connectivity index (χ2v) is 4.72. The maximum absolute atomic E-state index is 13.6. The van der Waals surface area contributed by atoms with Gasteiger partial charge in [0.15, 0.2) is 0 Å². The van der Waals surface area contributed by atoms with Gasteiger partial charge in [0.25, 0.3) is 0 Å². The zero-order valence-electron chi connectivity index (χ0n) is 10.8. The lowest BCUT2D eigenvalue weighted by molar-refractivity contribution is 0.0598. The van der Waals surface area contributed by atoms with Gasteiger partial charge in [0.1, 0.15) is 5.82 Å². The molecular weight excluding hydrogens is 233 g/mol. The van der Waals surface area contributed by atoms with Crippen LogP contribution in [-0.4, -0.2) is 26.2 Å². The van der Waals surface area contributed by atoms with Crippen LogP contribution in [0.25, 0.3) is 0 Å². The minimum atomic E-state index is -0.463. The highest BCUT2D eigenvalue weighted by atomic mass is 19.1. The Morgan fingerprint density at radius 3 is 2.89 bits per heavy atom. The van der Waals surface area contributed by atoms with Gasteiger partial charge in [-0.3, -0.25) is 0 Å². The van der Waals surface area contributed by atoms with E-state index in [0.717, 1.165) is 31.5 Å². The number of halogens is 1. The number of carbonyl (C=O) groups is 1. The van der Waals surface area contributed by atoms with Crippen LogP contribution in [0.4, 0.5) is 4.39 Å². The van der Waals surface area contributed by atoms with Gasteiger partial charge in [-0.25, -0.2) is 9.18 Å². The van der Waals surface area contributed by atoms with Crippen molar-refractivity contribution in [2.45, 2.75) is 25.7 Å². The van der Waals surface area contributed by atoms with Crippen molar-refractivity contribution >= 4 is 5.97 Å². The predicted molar refractivity (Wildman–Crippen MR) is 67.3 cm³/mol. The third-order valence-electron chi connectivity index (χ3n) is 3.47. The standard InChI is InChI=1S/C14H18FNO2/c1-9-6-11(10-4-3-5-16-8-10)12(7-13(9)15)14(17)18-2/h6-7,10,16H,3-5,8H2,1-2H3. The molecule has 1 unspecified atom stereocenters. The number of carbonyl (C=O) groups excluding carboxylic acids is 1. The summed E-state index contributed by atoms with van der Waals surface area (Å²) >= 11 is 0. The van der Waals surface area contributed by atoms with Gasteiger partial charge in [-0.1, -0.05) is 6.07 Å². The molecule has 0 aliphatic carbocycles. The molecule has 1 saturated heterocycles. The molecule has 1 aromatic rings. The van der Waals surface area contributed by atoms with E-state index in [1.807, 2.05) is 0 Å². The highest BCUT2D eigenvalue weighted by Gasteiger charge is 2.23. The lowest BCUT2D eigenvalue weighted by Gasteiger charge is -2.25. The zero-order chi connectivity index (χ0) is 13.1. The van der Waals surface area contributed by atoms with E-state index in [2.05, 4.69) is 5.32 Å². The number of methoxy groups -OCH3 is 1. The summed E-state index contributed by atoms with van der Waals surface area (Å²) in [5.74, 6) is -0.565. The van der Waals surface area contributed by atoms with Crippen molar-refractivity contribution in [2.75, 3.05) is 20.2 Å². The summed E-state index contributed by atoms with van der Waals surface area (Å²) in [6, 6.07) is 3.07. The predicted octanol–water partition coefficient (Wildman–Crippen LogP) is 2.39. The van der Waals surface area contributed by atoms with E-state index in [-0.39, 0.29) is 11.7 Å². The molecule has 1 N–H and O–H groups in total. The summed E-state index contributed by atoms with van der Waals surface area (Å²) in [5.41, 5.74) is 1.82. The van der Waals surface area contributed by atoms with Crippen LogP contribution >= 0.6 is 0 Å². The Kier molecular flexibility index (Phi) is 3.97. The quantitative estimate of drug-likeness (QED) is 0.820. The van der Waals surface area contributed by atoms with Crippen molar-refractivity contribution in [2.24, 2.45) is 0 Å². The largest absolute Gasteiger partial charge is 0.465 e. The van der Waals surface area contributed by atoms with E-state index >= 15 is 0 Å². The summed E-state index contributed by atoms with van der Waals surface area (Å²) in [4.78, 5) is 11.7. The van der Waals surface area contributed by atoms with Crippen LogP contribution in [0.5, 0.6) is 0 Å². The lowest BCUT2D eigenvalue weighted by atomic mass is 9.87. The Hall–Kier alpha value is -1.42. The van der Waals surface area contributed by atoms with Crippen LogP contribution < -0.4 is 5.32 Å². The molecule has 0 amide bonds. The highest BCUT2D eigenvalue weighted by molar-refractivity contribution is 5.91. The molecule has 0 aromatic heterocycles. The SMILES string of the molecule is COC(=O)c1cc(F)c(C)cc1C1CCCNC1. The number of benzene rings is 1. The average molecular weight is 251 g/mol. The van der Waals surface area contributed by atoms with E-state index < -0.39 is 5.97 Å². The molecule has 0 spiro atoms. The average Bonchev–Trinajstić information content (AvgIpc) is 2.41. The molecular formula is C14H18FNO2. The Morgan fingerprint density at radius 2 is 2.28 bits per heavy atom. The van der Waals surface area contributed by atoms with Crippen molar-refractivity contribution in [3.05, 3.63) is 34.6 Å². The maximum atomic E-state index is 13.6. The normalized spacial score (nSPS) is 19.6. The molecule has 1 heterocycles. The number of hydrogen-bond acceptors (Lipinski definition) is 3. The van der Waals surface area contributed by atoms with E-state index in [1.165, 1.54) is 13.2 Å². The molecule has 1 atom stereocenters. The number of hydrogen-bond donors (Lipinski definition) is 1. The van der Waals surface area contributed by atoms with Crippen LogP contribution in [-0.2, 0) is 4.74 Å². The van der Waals surface area contributed by atoms with Gasteiger partial charge in [-0.05, 0) is 49.4 Å². The summed E-state index contributed by atoms with van der Waals surface area (Å²) in [5, 5.41) is 3.31. The van der Waals surface area contributed by atoms with E-state index in [1.54, 1.807) is 13.0 Å². The molecule has 18 heavy (non-hydrogen) atoms. The smallest absolute Gasteiger partial charge is 0.338 e. The first-order valence-electron chi connectivity index (χ1n) is 6.22. The summed E-state index contributed by atoms with van der Waals surface area (Å²) in [7, 11) is 1.32. The summed E-state index contributed by atoms with van der Waals surface area (Å²) in [6.45, 7) is 3.55. The van der Waals surface area contributed by atoms with Crippen LogP contribution in [0, 0.1) is 12.7 Å². The number of ether oxygens (including phenoxy) is 1. The first-order valence-corrected chi connectivity index (χ1v) is 6.22. The third kappa shape index (κ3) is 2.53. The molecule has 4 heteroatoms. The Bertz CT molecular complexity index is 453. The fourth-order valence-corrected chi connectivity index (χ4v) is 2.45. The van der Waals surface area contributed by atoms with Crippen LogP contribution in [0.15, 0.2) is 12.1 Å². The summed E-state index contributed by atoms with van der Waals surface area (Å²) < 4.78 is 18.3. The lowest BCUT2D eigenvalue weighted by Crippen LogP contribution is -2.29. The molecule has 1 fully saturated rings. The molecule has 0 radical (unpaired) electrons. The van der Waals surface area contributed by atoms with E-state index in [4.69, 9.17) is 4.74 Å². The summed E-state index contributed by atoms with van der Waals surface area (Å²) in [6.07, 6.45) is 2.09. The van der Waals surface area contributed by atoms with E-state index in [0.29, 0.717) is 11.1 Å². The monoisotopic (exact) mass is 251 g/mol. The minimum Gasteiger partial charge on any atom is -0.465 e. The van der Waals surface area contributed by atoms with Crippen molar-refractivity contribution in [3.63, 3.8) is 0 Å². The Labute approximate surface area is 106 Å². The van der Waals surface area contributed by atoms with Crippen LogP contribution in [0.1, 0.15) is 40.2 Å². The first-order chi connectivity index (χ1) is 8.63. The van der Waals surface area contributed by atoms with Crippen LogP contribution in [0.3, 0.4) is 0 Å². The van der Waals surface area contributed by atoms with Gasteiger partial charge in [-0.2, -0.15) is 0 Å². The number of aryl methyl sites for hydroxylation is 1. The van der Waals surface area contributed by atoms with Gasteiger partial charge in [0, 0.05) is 6.54 Å². The third-order valence-corrected chi connectivity index (χ3v) is 3.47. The minimum absolute atomic E-state index is 0.257. The van der Waals surface area contributed by atoms with E-state index in [9.17, 15) is 9.18 Å². The van der Waals surface area contributed by atoms with Crippen molar-refractivity contribution in [1.82, 2.24) is 5.32 Å². The second-order valence-electron chi connectivity index (χ2n) is 4.72. The second kappa shape index (κ2) is 5.48. The van der Waals surface area contributed by atoms with Crippen molar-refractivity contribution in [3.8, 4) is 0 Å². The fourth-order valence-electron chi connectivity index (χ4n) is 2.45. The highest BCUT2D eigenvalue weighted by Crippen LogP contribution is 2.28. The number of rotatable bonds is 2. The number of piperidine rings is 1. The zero-order valence-corrected chi connectivity index (χ0v) is 10.8. The van der Waals surface area contributed by atoms with Gasteiger partial charge in [0.05, 0.1) is 12.7 Å². The molecule has 2 rings (SSSR count). The van der Waals surface area contributed by atoms with Gasteiger partial charge < -0.3 is 10.1 Å². The first kappa shape index (κ1) is 13.0. The fraction of sp³-hybridized carbons (Fsp3) is 0.500. The van der Waals surface area contributed by atoms with Crippen molar-refractivity contribution < 1.29 is 13.9 Å². The topological polar surface area (TPSA) is 38.3 Å². The van der Waals surface area contributed by atoms with Gasteiger partial charge in [-0.15, -0.1) is 0 Å². The molecule has 0 saturated carbocycles. The number of nitrogens with one attached hydrogen (secondary N) is 1. The molecule has 3 nitrogen and oxygen atoms in total. The maximum Gasteiger partial charge on any atom is 0.338 e. The molecule has 1 aliphatic heterocycles. The Morgan fingerprint density at radius 1 is 1.50 bits per heavy atom. The van der Waals surface area contributed by atoms with Gasteiger partial charge >= 0.3 is 5.97 Å².